The van der Waals surface area contributed by atoms with Crippen LogP contribution in [-0.4, -0.2) is 72.9 Å². The van der Waals surface area contributed by atoms with Crippen molar-refractivity contribution in [2.45, 2.75) is 93.2 Å². The van der Waals surface area contributed by atoms with E-state index in [-0.39, 0.29) is 20.5 Å². The second-order valence-corrected chi connectivity index (χ2v) is 8.66. The van der Waals surface area contributed by atoms with Gasteiger partial charge in [-0.05, 0) is 12.8 Å². The van der Waals surface area contributed by atoms with Crippen LogP contribution in [0.25, 0.3) is 0 Å². The maximum absolute atomic E-state index is 14.4. The Hall–Kier alpha value is -1.23. The highest BCUT2D eigenvalue weighted by molar-refractivity contribution is 5.14. The Bertz CT molecular complexity index is 724. The van der Waals surface area contributed by atoms with Crippen molar-refractivity contribution in [1.29, 1.82) is 0 Å². The summed E-state index contributed by atoms with van der Waals surface area (Å²) in [6, 6.07) is -6.43. The van der Waals surface area contributed by atoms with Crippen LogP contribution in [0.1, 0.15) is 45.4 Å². The first-order valence-electron chi connectivity index (χ1n) is 10.1. The van der Waals surface area contributed by atoms with Crippen LogP contribution in [-0.2, 0) is 0 Å². The average molecular weight is 576 g/mol. The van der Waals surface area contributed by atoms with Gasteiger partial charge in [0, 0.05) is 0 Å². The summed E-state index contributed by atoms with van der Waals surface area (Å²) >= 11 is 0. The first kappa shape index (κ1) is 34.8. The van der Waals surface area contributed by atoms with Crippen LogP contribution < -0.4 is 0 Å². The fourth-order valence-electron chi connectivity index (χ4n) is 2.96. The number of halogens is 17. The van der Waals surface area contributed by atoms with Crippen molar-refractivity contribution >= 4 is 0 Å². The quantitative estimate of drug-likeness (QED) is 0.0844. The zero-order valence-corrected chi connectivity index (χ0v) is 18.8. The van der Waals surface area contributed by atoms with Crippen LogP contribution in [0.2, 0.25) is 0 Å². The van der Waals surface area contributed by atoms with E-state index < -0.39 is 65.2 Å². The Balaban J connectivity index is 6.36. The zero-order valence-electron chi connectivity index (χ0n) is 18.8. The van der Waals surface area contributed by atoms with E-state index in [0.717, 1.165) is 6.42 Å². The predicted octanol–water partition coefficient (Wildman–Crippen LogP) is 8.39. The van der Waals surface area contributed by atoms with Gasteiger partial charge in [-0.25, -0.2) is 0 Å². The van der Waals surface area contributed by atoms with E-state index in [2.05, 4.69) is 0 Å². The van der Waals surface area contributed by atoms with Crippen molar-refractivity contribution in [3.05, 3.63) is 0 Å². The third-order valence-corrected chi connectivity index (χ3v) is 5.54. The predicted molar refractivity (Wildman–Crippen MR) is 91.0 cm³/mol. The van der Waals surface area contributed by atoms with E-state index in [1.165, 1.54) is 0 Å². The van der Waals surface area contributed by atoms with Gasteiger partial charge in [0.25, 0.3) is 0 Å². The van der Waals surface area contributed by atoms with E-state index in [9.17, 15) is 74.6 Å². The van der Waals surface area contributed by atoms with Gasteiger partial charge in [-0.15, -0.1) is 8.78 Å². The number of nitrogens with zero attached hydrogens (tertiary/aromatic N) is 1. The Morgan fingerprint density at radius 3 is 1.08 bits per heavy atom. The molecule has 0 atom stereocenters. The monoisotopic (exact) mass is 576 g/mol. The number of quaternary nitrogens is 1. The molecule has 0 radical (unpaired) electrons. The van der Waals surface area contributed by atoms with Crippen molar-refractivity contribution in [3.63, 3.8) is 0 Å². The topological polar surface area (TPSA) is 0 Å². The maximum atomic E-state index is 14.4. The molecule has 0 aliphatic carbocycles. The van der Waals surface area contributed by atoms with Crippen molar-refractivity contribution < 1.29 is 79.1 Å². The lowest BCUT2D eigenvalue weighted by atomic mass is 9.90. The summed E-state index contributed by atoms with van der Waals surface area (Å²) < 4.78 is 225. The summed E-state index contributed by atoms with van der Waals surface area (Å²) in [5.41, 5.74) is 0. The van der Waals surface area contributed by atoms with Gasteiger partial charge in [0.2, 0.25) is 0 Å². The second kappa shape index (κ2) is 10.2. The molecule has 0 aromatic carbocycles. The van der Waals surface area contributed by atoms with Crippen LogP contribution in [0.3, 0.4) is 0 Å². The fourth-order valence-corrected chi connectivity index (χ4v) is 2.96. The van der Waals surface area contributed by atoms with Gasteiger partial charge in [-0.3, -0.25) is 4.48 Å². The van der Waals surface area contributed by atoms with Gasteiger partial charge < -0.3 is 0 Å². The van der Waals surface area contributed by atoms with E-state index >= 15 is 0 Å². The summed E-state index contributed by atoms with van der Waals surface area (Å²) in [7, 11) is 0.164. The van der Waals surface area contributed by atoms with Crippen LogP contribution >= 0.6 is 0 Å². The van der Waals surface area contributed by atoms with Crippen LogP contribution in [0.15, 0.2) is 0 Å². The van der Waals surface area contributed by atoms with E-state index in [1.807, 2.05) is 0 Å². The zero-order chi connectivity index (χ0) is 29.4. The fraction of sp³-hybridized carbons (Fsp3) is 1.00. The SMILES string of the molecule is CCCCCCCC[N+](C)(C)C(F)(F)C(F)(F)C(F)(F)C(F)(F)C(F)(F)C(F)(F)C(F)(F)C(F)(F)F. The van der Waals surface area contributed by atoms with Gasteiger partial charge in [0.15, 0.2) is 0 Å². The van der Waals surface area contributed by atoms with Crippen LogP contribution in [0.5, 0.6) is 0 Å². The molecule has 0 aliphatic rings. The van der Waals surface area contributed by atoms with Gasteiger partial charge >= 0.3 is 47.8 Å². The van der Waals surface area contributed by atoms with Crippen LogP contribution in [0, 0.1) is 0 Å². The van der Waals surface area contributed by atoms with Gasteiger partial charge in [-0.1, -0.05) is 32.6 Å². The number of hydrogen-bond donors (Lipinski definition) is 0. The molecule has 0 heterocycles. The molecular weight excluding hydrogens is 553 g/mol. The molecule has 0 aromatic heterocycles. The minimum atomic E-state index is -8.60. The van der Waals surface area contributed by atoms with Crippen molar-refractivity contribution in [3.8, 4) is 0 Å². The number of unbranched alkanes of at least 4 members (excludes halogenated alkanes) is 5. The lowest BCUT2D eigenvalue weighted by molar-refractivity contribution is -0.991. The molecule has 1 nitrogen and oxygen atoms in total. The summed E-state index contributed by atoms with van der Waals surface area (Å²) in [4.78, 5) is 0. The van der Waals surface area contributed by atoms with E-state index in [0.29, 0.717) is 19.3 Å². The lowest BCUT2D eigenvalue weighted by Gasteiger charge is -2.45. The molecule has 0 aliphatic heterocycles. The summed E-state index contributed by atoms with van der Waals surface area (Å²) in [5.74, 6) is -49.7. The molecule has 0 fully saturated rings. The smallest absolute Gasteiger partial charge is 0.262 e. The summed E-state index contributed by atoms with van der Waals surface area (Å²) in [6.07, 6.45) is -5.81. The molecule has 18 heteroatoms. The van der Waals surface area contributed by atoms with Gasteiger partial charge in [0.05, 0.1) is 20.6 Å². The molecule has 0 bridgehead atoms. The summed E-state index contributed by atoms with van der Waals surface area (Å²) in [6.45, 7) is 0.636. The molecule has 218 valence electrons. The molecule has 0 aromatic rings. The molecule has 0 rings (SSSR count). The van der Waals surface area contributed by atoms with Crippen molar-refractivity contribution in [2.75, 3.05) is 20.6 Å². The Kier molecular flexibility index (Phi) is 9.80. The summed E-state index contributed by atoms with van der Waals surface area (Å²) in [5, 5.41) is 0. The number of hydrogen-bond acceptors (Lipinski definition) is 0. The number of alkyl halides is 17. The second-order valence-electron chi connectivity index (χ2n) is 8.66. The molecule has 0 spiro atoms. The third-order valence-electron chi connectivity index (χ3n) is 5.54. The molecular formula is C18H23F17N+. The largest absolute Gasteiger partial charge is 0.461 e. The maximum Gasteiger partial charge on any atom is 0.461 e. The van der Waals surface area contributed by atoms with Gasteiger partial charge in [0.1, 0.15) is 0 Å². The van der Waals surface area contributed by atoms with E-state index in [1.54, 1.807) is 6.92 Å². The lowest BCUT2D eigenvalue weighted by Crippen LogP contribution is -2.77. The molecule has 0 saturated heterocycles. The minimum absolute atomic E-state index is 0.0483. The highest BCUT2D eigenvalue weighted by Gasteiger charge is 2.96. The van der Waals surface area contributed by atoms with Crippen LogP contribution in [0.4, 0.5) is 74.6 Å². The molecule has 0 amide bonds. The Morgan fingerprint density at radius 2 is 0.722 bits per heavy atom. The van der Waals surface area contributed by atoms with Crippen molar-refractivity contribution in [2.24, 2.45) is 0 Å². The Labute approximate surface area is 194 Å². The average Bonchev–Trinajstić information content (AvgIpc) is 2.68. The number of rotatable bonds is 14. The minimum Gasteiger partial charge on any atom is -0.262 e. The third kappa shape index (κ3) is 5.20. The van der Waals surface area contributed by atoms with Gasteiger partial charge in [-0.2, -0.15) is 65.9 Å². The standard InChI is InChI=1S/C18H23F17N/c1-4-5-6-7-8-9-10-36(2,3)18(34,35)16(29,30)14(25,26)12(21,22)11(19,20)13(23,24)15(27,28)17(31,32)33/h4-10H2,1-3H3/q+1. The highest BCUT2D eigenvalue weighted by Crippen LogP contribution is 2.64. The van der Waals surface area contributed by atoms with Crippen molar-refractivity contribution in [1.82, 2.24) is 0 Å². The molecule has 36 heavy (non-hydrogen) atoms. The highest BCUT2D eigenvalue weighted by atomic mass is 19.4. The molecule has 0 saturated carbocycles. The normalized spacial score (nSPS) is 16.0. The molecule has 0 N–H and O–H groups in total. The Morgan fingerprint density at radius 1 is 0.417 bits per heavy atom. The van der Waals surface area contributed by atoms with E-state index in [4.69, 9.17) is 0 Å². The molecule has 0 unspecified atom stereocenters. The first-order valence-corrected chi connectivity index (χ1v) is 10.1. The first-order chi connectivity index (χ1) is 15.6.